The lowest BCUT2D eigenvalue weighted by Gasteiger charge is -2.15. The first kappa shape index (κ1) is 14.0. The molecule has 5 heteroatoms. The van der Waals surface area contributed by atoms with Gasteiger partial charge in [0.1, 0.15) is 0 Å². The average Bonchev–Trinajstić information content (AvgIpc) is 2.80. The van der Waals surface area contributed by atoms with Crippen LogP contribution in [0.25, 0.3) is 0 Å². The minimum Gasteiger partial charge on any atom is -0.353 e. The zero-order chi connectivity index (χ0) is 12.5. The maximum Gasteiger partial charge on any atom is 0.205 e. The first-order chi connectivity index (χ1) is 8.26. The van der Waals surface area contributed by atoms with Gasteiger partial charge in [-0.1, -0.05) is 13.3 Å². The number of guanidine groups is 1. The van der Waals surface area contributed by atoms with Crippen molar-refractivity contribution in [2.24, 2.45) is 10.8 Å². The average molecular weight is 254 g/mol. The van der Waals surface area contributed by atoms with E-state index < -0.39 is 0 Å². The van der Waals surface area contributed by atoms with Crippen molar-refractivity contribution in [3.63, 3.8) is 0 Å². The standard InChI is InChI=1S/C12H22N4S/c1-3-4-6-14-12(16-13)15-10(2)8-11-5-7-17-9-11/h5,7,9-10H,3-4,6,8,13H2,1-2H3,(H2,14,15,16). The Morgan fingerprint density at radius 1 is 1.59 bits per heavy atom. The maximum atomic E-state index is 5.44. The number of nitrogens with zero attached hydrogens (tertiary/aromatic N) is 1. The van der Waals surface area contributed by atoms with E-state index >= 15 is 0 Å². The Balaban J connectivity index is 2.36. The van der Waals surface area contributed by atoms with Crippen LogP contribution >= 0.6 is 11.3 Å². The van der Waals surface area contributed by atoms with Crippen LogP contribution in [0.4, 0.5) is 0 Å². The molecule has 0 amide bonds. The molecule has 0 saturated carbocycles. The van der Waals surface area contributed by atoms with Crippen molar-refractivity contribution < 1.29 is 0 Å². The minimum absolute atomic E-state index is 0.320. The lowest BCUT2D eigenvalue weighted by molar-refractivity contribution is 0.640. The summed E-state index contributed by atoms with van der Waals surface area (Å²) in [4.78, 5) is 4.37. The molecule has 0 radical (unpaired) electrons. The summed E-state index contributed by atoms with van der Waals surface area (Å²) in [6.07, 6.45) is 3.22. The van der Waals surface area contributed by atoms with Crippen molar-refractivity contribution in [3.8, 4) is 0 Å². The molecule has 0 aromatic carbocycles. The maximum absolute atomic E-state index is 5.44. The monoisotopic (exact) mass is 254 g/mol. The van der Waals surface area contributed by atoms with E-state index in [4.69, 9.17) is 5.84 Å². The Morgan fingerprint density at radius 2 is 2.41 bits per heavy atom. The van der Waals surface area contributed by atoms with Crippen LogP contribution in [-0.4, -0.2) is 18.5 Å². The molecule has 0 spiro atoms. The highest BCUT2D eigenvalue weighted by atomic mass is 32.1. The summed E-state index contributed by atoms with van der Waals surface area (Å²) in [7, 11) is 0. The zero-order valence-corrected chi connectivity index (χ0v) is 11.4. The molecule has 4 nitrogen and oxygen atoms in total. The second-order valence-electron chi connectivity index (χ2n) is 4.11. The number of nitrogens with one attached hydrogen (secondary N) is 2. The number of nitrogens with two attached hydrogens (primary N) is 1. The lowest BCUT2D eigenvalue weighted by Crippen LogP contribution is -2.46. The number of thiophene rings is 1. The van der Waals surface area contributed by atoms with E-state index in [0.717, 1.165) is 25.8 Å². The van der Waals surface area contributed by atoms with Gasteiger partial charge >= 0.3 is 0 Å². The van der Waals surface area contributed by atoms with Crippen molar-refractivity contribution in [1.29, 1.82) is 0 Å². The van der Waals surface area contributed by atoms with Gasteiger partial charge < -0.3 is 5.32 Å². The normalized spacial score (nSPS) is 13.5. The van der Waals surface area contributed by atoms with Crippen molar-refractivity contribution in [2.75, 3.05) is 6.54 Å². The number of unbranched alkanes of at least 4 members (excludes halogenated alkanes) is 1. The molecule has 0 fully saturated rings. The highest BCUT2D eigenvalue weighted by Crippen LogP contribution is 2.08. The Morgan fingerprint density at radius 3 is 3.00 bits per heavy atom. The first-order valence-electron chi connectivity index (χ1n) is 6.05. The topological polar surface area (TPSA) is 62.4 Å². The summed E-state index contributed by atoms with van der Waals surface area (Å²) in [6, 6.07) is 2.47. The summed E-state index contributed by atoms with van der Waals surface area (Å²) < 4.78 is 0. The SMILES string of the molecule is CCCCN=C(NN)NC(C)Cc1ccsc1. The summed E-state index contributed by atoms with van der Waals surface area (Å²) in [5.74, 6) is 6.12. The molecular formula is C12H22N4S. The Kier molecular flexibility index (Phi) is 6.65. The van der Waals surface area contributed by atoms with E-state index in [2.05, 4.69) is 46.4 Å². The van der Waals surface area contributed by atoms with Crippen molar-refractivity contribution in [2.45, 2.75) is 39.2 Å². The number of aliphatic imine (C=N–C) groups is 1. The predicted molar refractivity (Wildman–Crippen MR) is 75.2 cm³/mol. The Hall–Kier alpha value is -1.07. The van der Waals surface area contributed by atoms with Gasteiger partial charge in [0.05, 0.1) is 0 Å². The third kappa shape index (κ3) is 5.70. The Bertz CT molecular complexity index is 321. The van der Waals surface area contributed by atoms with Gasteiger partial charge in [-0.2, -0.15) is 11.3 Å². The van der Waals surface area contributed by atoms with Crippen molar-refractivity contribution >= 4 is 17.3 Å². The van der Waals surface area contributed by atoms with Crippen molar-refractivity contribution in [3.05, 3.63) is 22.4 Å². The molecular weight excluding hydrogens is 232 g/mol. The highest BCUT2D eigenvalue weighted by molar-refractivity contribution is 7.07. The quantitative estimate of drug-likeness (QED) is 0.239. The molecule has 1 aromatic heterocycles. The molecule has 1 aromatic rings. The number of hydrogen-bond donors (Lipinski definition) is 3. The minimum atomic E-state index is 0.320. The molecule has 1 atom stereocenters. The second-order valence-corrected chi connectivity index (χ2v) is 4.89. The van der Waals surface area contributed by atoms with Crippen LogP contribution in [-0.2, 0) is 6.42 Å². The van der Waals surface area contributed by atoms with Gasteiger partial charge in [0.2, 0.25) is 5.96 Å². The summed E-state index contributed by atoms with van der Waals surface area (Å²) in [5.41, 5.74) is 3.96. The molecule has 0 aliphatic heterocycles. The summed E-state index contributed by atoms with van der Waals surface area (Å²) >= 11 is 1.72. The molecule has 1 unspecified atom stereocenters. The van der Waals surface area contributed by atoms with Crippen LogP contribution in [0, 0.1) is 0 Å². The van der Waals surface area contributed by atoms with Crippen LogP contribution in [0.5, 0.6) is 0 Å². The third-order valence-electron chi connectivity index (χ3n) is 2.42. The van der Waals surface area contributed by atoms with Gasteiger partial charge in [0.15, 0.2) is 0 Å². The van der Waals surface area contributed by atoms with Gasteiger partial charge in [0.25, 0.3) is 0 Å². The van der Waals surface area contributed by atoms with E-state index in [1.54, 1.807) is 11.3 Å². The molecule has 0 saturated heterocycles. The largest absolute Gasteiger partial charge is 0.353 e. The smallest absolute Gasteiger partial charge is 0.205 e. The first-order valence-corrected chi connectivity index (χ1v) is 6.99. The van der Waals surface area contributed by atoms with Crippen molar-refractivity contribution in [1.82, 2.24) is 10.7 Å². The summed E-state index contributed by atoms with van der Waals surface area (Å²) in [5, 5.41) is 7.55. The number of hydrogen-bond acceptors (Lipinski definition) is 3. The van der Waals surface area contributed by atoms with Gasteiger partial charge in [-0.25, -0.2) is 5.84 Å². The van der Waals surface area contributed by atoms with E-state index in [1.807, 2.05) is 0 Å². The van der Waals surface area contributed by atoms with Crippen LogP contribution in [0.2, 0.25) is 0 Å². The fraction of sp³-hybridized carbons (Fsp3) is 0.583. The van der Waals surface area contributed by atoms with Crippen LogP contribution in [0.3, 0.4) is 0 Å². The number of rotatable bonds is 6. The van der Waals surface area contributed by atoms with Crippen LogP contribution in [0.15, 0.2) is 21.8 Å². The van der Waals surface area contributed by atoms with Crippen LogP contribution < -0.4 is 16.6 Å². The van der Waals surface area contributed by atoms with E-state index in [0.29, 0.717) is 12.0 Å². The fourth-order valence-electron chi connectivity index (χ4n) is 1.53. The van der Waals surface area contributed by atoms with Gasteiger partial charge in [-0.15, -0.1) is 0 Å². The highest BCUT2D eigenvalue weighted by Gasteiger charge is 2.05. The second kappa shape index (κ2) is 8.08. The predicted octanol–water partition coefficient (Wildman–Crippen LogP) is 1.89. The van der Waals surface area contributed by atoms with E-state index in [-0.39, 0.29) is 0 Å². The molecule has 96 valence electrons. The summed E-state index contributed by atoms with van der Waals surface area (Å²) in [6.45, 7) is 5.09. The van der Waals surface area contributed by atoms with E-state index in [1.165, 1.54) is 5.56 Å². The molecule has 0 aliphatic carbocycles. The molecule has 17 heavy (non-hydrogen) atoms. The fourth-order valence-corrected chi connectivity index (χ4v) is 2.21. The molecule has 0 aliphatic rings. The zero-order valence-electron chi connectivity index (χ0n) is 10.6. The Labute approximate surface area is 107 Å². The van der Waals surface area contributed by atoms with Gasteiger partial charge in [-0.3, -0.25) is 10.4 Å². The molecule has 1 rings (SSSR count). The van der Waals surface area contributed by atoms with Gasteiger partial charge in [0, 0.05) is 12.6 Å². The lowest BCUT2D eigenvalue weighted by atomic mass is 10.1. The third-order valence-corrected chi connectivity index (χ3v) is 3.16. The molecule has 0 bridgehead atoms. The molecule has 4 N–H and O–H groups in total. The number of hydrazine groups is 1. The molecule has 1 heterocycles. The van der Waals surface area contributed by atoms with Gasteiger partial charge in [-0.05, 0) is 42.2 Å². The van der Waals surface area contributed by atoms with E-state index in [9.17, 15) is 0 Å². The van der Waals surface area contributed by atoms with Crippen LogP contribution in [0.1, 0.15) is 32.3 Å².